The molecule has 2 fully saturated rings. The third kappa shape index (κ3) is 4.35. The maximum atomic E-state index is 12.5. The van der Waals surface area contributed by atoms with E-state index in [1.54, 1.807) is 0 Å². The van der Waals surface area contributed by atoms with Gasteiger partial charge in [0, 0.05) is 39.1 Å². The van der Waals surface area contributed by atoms with E-state index in [0.717, 1.165) is 57.9 Å². The number of aromatic nitrogens is 3. The molecule has 0 saturated carbocycles. The Morgan fingerprint density at radius 3 is 2.65 bits per heavy atom. The van der Waals surface area contributed by atoms with Crippen LogP contribution in [0.3, 0.4) is 0 Å². The van der Waals surface area contributed by atoms with E-state index in [1.165, 1.54) is 12.8 Å². The zero-order chi connectivity index (χ0) is 18.5. The fourth-order valence-electron chi connectivity index (χ4n) is 4.15. The molecular weight excluding hydrogens is 332 g/mol. The molecule has 0 bridgehead atoms. The standard InChI is InChI=1S/C18H32N6O2/c1-3-7-23-8-4-14(12-23)11-19-18(26)24-9-5-15(6-10-24)17-21-20-16(13-25)22(17)2/h14-15,25H,3-13H2,1-2H3,(H,19,26). The van der Waals surface area contributed by atoms with Gasteiger partial charge in [-0.05, 0) is 44.7 Å². The van der Waals surface area contributed by atoms with Crippen LogP contribution in [0.1, 0.15) is 50.2 Å². The van der Waals surface area contributed by atoms with Gasteiger partial charge in [-0.15, -0.1) is 10.2 Å². The Morgan fingerprint density at radius 1 is 1.23 bits per heavy atom. The number of carbonyl (C=O) groups is 1. The molecule has 8 heteroatoms. The van der Waals surface area contributed by atoms with E-state index in [1.807, 2.05) is 16.5 Å². The lowest BCUT2D eigenvalue weighted by Crippen LogP contribution is -2.45. The van der Waals surface area contributed by atoms with Gasteiger partial charge in [0.1, 0.15) is 12.4 Å². The molecule has 1 aromatic heterocycles. The highest BCUT2D eigenvalue weighted by Gasteiger charge is 2.28. The van der Waals surface area contributed by atoms with Crippen molar-refractivity contribution < 1.29 is 9.90 Å². The van der Waals surface area contributed by atoms with E-state index < -0.39 is 0 Å². The molecule has 26 heavy (non-hydrogen) atoms. The van der Waals surface area contributed by atoms with Crippen LogP contribution in [-0.4, -0.2) is 75.0 Å². The van der Waals surface area contributed by atoms with Crippen LogP contribution in [0, 0.1) is 5.92 Å². The van der Waals surface area contributed by atoms with Crippen LogP contribution in [0.5, 0.6) is 0 Å². The number of aliphatic hydroxyl groups excluding tert-OH is 1. The van der Waals surface area contributed by atoms with E-state index in [2.05, 4.69) is 27.3 Å². The summed E-state index contributed by atoms with van der Waals surface area (Å²) in [5, 5.41) is 20.6. The largest absolute Gasteiger partial charge is 0.388 e. The molecule has 2 aliphatic rings. The second kappa shape index (κ2) is 8.81. The molecule has 2 N–H and O–H groups in total. The predicted octanol–water partition coefficient (Wildman–Crippen LogP) is 0.928. The number of hydrogen-bond donors (Lipinski definition) is 2. The number of amides is 2. The Bertz CT molecular complexity index is 597. The number of piperidine rings is 1. The summed E-state index contributed by atoms with van der Waals surface area (Å²) in [5.74, 6) is 2.39. The zero-order valence-electron chi connectivity index (χ0n) is 16.0. The minimum Gasteiger partial charge on any atom is -0.388 e. The zero-order valence-corrected chi connectivity index (χ0v) is 16.0. The number of hydrogen-bond acceptors (Lipinski definition) is 5. The number of carbonyl (C=O) groups excluding carboxylic acids is 1. The van der Waals surface area contributed by atoms with Crippen LogP contribution in [0.15, 0.2) is 0 Å². The van der Waals surface area contributed by atoms with E-state index >= 15 is 0 Å². The molecule has 0 radical (unpaired) electrons. The van der Waals surface area contributed by atoms with E-state index in [9.17, 15) is 9.90 Å². The number of urea groups is 1. The molecule has 146 valence electrons. The van der Waals surface area contributed by atoms with Gasteiger partial charge in [-0.3, -0.25) is 0 Å². The first-order valence-corrected chi connectivity index (χ1v) is 9.86. The third-order valence-corrected chi connectivity index (χ3v) is 5.74. The molecule has 0 aliphatic carbocycles. The minimum absolute atomic E-state index is 0.0615. The molecule has 8 nitrogen and oxygen atoms in total. The molecule has 1 unspecified atom stereocenters. The van der Waals surface area contributed by atoms with Gasteiger partial charge >= 0.3 is 6.03 Å². The highest BCUT2D eigenvalue weighted by Crippen LogP contribution is 2.27. The molecule has 0 spiro atoms. The highest BCUT2D eigenvalue weighted by atomic mass is 16.3. The number of nitrogens with zero attached hydrogens (tertiary/aromatic N) is 5. The van der Waals surface area contributed by atoms with Gasteiger partial charge in [0.25, 0.3) is 0 Å². The van der Waals surface area contributed by atoms with Crippen molar-refractivity contribution in [2.75, 3.05) is 39.3 Å². The van der Waals surface area contributed by atoms with Gasteiger partial charge in [0.15, 0.2) is 5.82 Å². The Hall–Kier alpha value is -1.67. The van der Waals surface area contributed by atoms with Crippen LogP contribution in [0.4, 0.5) is 4.79 Å². The molecule has 2 aliphatic heterocycles. The fraction of sp³-hybridized carbons (Fsp3) is 0.833. The summed E-state index contributed by atoms with van der Waals surface area (Å²) in [7, 11) is 1.89. The third-order valence-electron chi connectivity index (χ3n) is 5.74. The van der Waals surface area contributed by atoms with E-state index in [4.69, 9.17) is 0 Å². The molecule has 1 atom stereocenters. The molecule has 3 heterocycles. The second-order valence-corrected chi connectivity index (χ2v) is 7.59. The normalized spacial score (nSPS) is 22.1. The van der Waals surface area contributed by atoms with Crippen LogP contribution in [0.2, 0.25) is 0 Å². The molecular formula is C18H32N6O2. The van der Waals surface area contributed by atoms with Crippen molar-refractivity contribution in [1.29, 1.82) is 0 Å². The van der Waals surface area contributed by atoms with Crippen molar-refractivity contribution in [2.45, 2.75) is 45.1 Å². The highest BCUT2D eigenvalue weighted by molar-refractivity contribution is 5.74. The predicted molar refractivity (Wildman–Crippen MR) is 98.7 cm³/mol. The van der Waals surface area contributed by atoms with Crippen molar-refractivity contribution in [3.63, 3.8) is 0 Å². The summed E-state index contributed by atoms with van der Waals surface area (Å²) >= 11 is 0. The van der Waals surface area contributed by atoms with Gasteiger partial charge in [0.2, 0.25) is 0 Å². The fourth-order valence-corrected chi connectivity index (χ4v) is 4.15. The molecule has 2 saturated heterocycles. The minimum atomic E-state index is -0.0956. The quantitative estimate of drug-likeness (QED) is 0.784. The number of likely N-dealkylation sites (tertiary alicyclic amines) is 2. The van der Waals surface area contributed by atoms with Crippen molar-refractivity contribution in [3.05, 3.63) is 11.6 Å². The Kier molecular flexibility index (Phi) is 6.48. The van der Waals surface area contributed by atoms with Crippen molar-refractivity contribution in [2.24, 2.45) is 13.0 Å². The van der Waals surface area contributed by atoms with E-state index in [-0.39, 0.29) is 12.6 Å². The van der Waals surface area contributed by atoms with Crippen molar-refractivity contribution in [1.82, 2.24) is 29.9 Å². The van der Waals surface area contributed by atoms with Gasteiger partial charge < -0.3 is 24.8 Å². The monoisotopic (exact) mass is 364 g/mol. The van der Waals surface area contributed by atoms with Crippen LogP contribution in [0.25, 0.3) is 0 Å². The topological polar surface area (TPSA) is 86.5 Å². The first kappa shape index (κ1) is 19.1. The number of nitrogens with one attached hydrogen (secondary N) is 1. The smallest absolute Gasteiger partial charge is 0.317 e. The molecule has 3 rings (SSSR count). The first-order valence-electron chi connectivity index (χ1n) is 9.86. The lowest BCUT2D eigenvalue weighted by molar-refractivity contribution is 0.178. The SMILES string of the molecule is CCCN1CCC(CNC(=O)N2CCC(c3nnc(CO)n3C)CC2)C1. The van der Waals surface area contributed by atoms with Gasteiger partial charge in [0.05, 0.1) is 0 Å². The average Bonchev–Trinajstić information content (AvgIpc) is 3.26. The summed E-state index contributed by atoms with van der Waals surface area (Å²) < 4.78 is 1.88. The average molecular weight is 364 g/mol. The van der Waals surface area contributed by atoms with Crippen molar-refractivity contribution >= 4 is 6.03 Å². The summed E-state index contributed by atoms with van der Waals surface area (Å²) in [6.07, 6.45) is 4.15. The van der Waals surface area contributed by atoms with Crippen molar-refractivity contribution in [3.8, 4) is 0 Å². The molecule has 0 aromatic carbocycles. The van der Waals surface area contributed by atoms with Crippen LogP contribution < -0.4 is 5.32 Å². The summed E-state index contributed by atoms with van der Waals surface area (Å²) in [6.45, 7) is 7.81. The van der Waals surface area contributed by atoms with Gasteiger partial charge in [-0.1, -0.05) is 6.92 Å². The summed E-state index contributed by atoms with van der Waals surface area (Å²) in [4.78, 5) is 16.9. The lowest BCUT2D eigenvalue weighted by atomic mass is 9.96. The Labute approximate surface area is 155 Å². The first-order chi connectivity index (χ1) is 12.6. The molecule has 1 aromatic rings. The lowest BCUT2D eigenvalue weighted by Gasteiger charge is -2.31. The maximum Gasteiger partial charge on any atom is 0.317 e. The van der Waals surface area contributed by atoms with Gasteiger partial charge in [-0.25, -0.2) is 4.79 Å². The van der Waals surface area contributed by atoms with Crippen LogP contribution >= 0.6 is 0 Å². The maximum absolute atomic E-state index is 12.5. The summed E-state index contributed by atoms with van der Waals surface area (Å²) in [6, 6.07) is 0.0615. The Morgan fingerprint density at radius 2 is 2.00 bits per heavy atom. The number of aliphatic hydroxyl groups is 1. The molecule has 2 amide bonds. The Balaban J connectivity index is 1.41. The van der Waals surface area contributed by atoms with Crippen LogP contribution in [-0.2, 0) is 13.7 Å². The van der Waals surface area contributed by atoms with Gasteiger partial charge in [-0.2, -0.15) is 0 Å². The number of rotatable bonds is 6. The van der Waals surface area contributed by atoms with E-state index in [0.29, 0.717) is 17.7 Å². The second-order valence-electron chi connectivity index (χ2n) is 7.59. The summed E-state index contributed by atoms with van der Waals surface area (Å²) in [5.41, 5.74) is 0.